The largest absolute Gasteiger partial charge is 0.456 e. The summed E-state index contributed by atoms with van der Waals surface area (Å²) in [5, 5.41) is 0.769. The van der Waals surface area contributed by atoms with Crippen molar-refractivity contribution in [2.24, 2.45) is 0 Å². The maximum absolute atomic E-state index is 11.6. The van der Waals surface area contributed by atoms with Gasteiger partial charge in [0.2, 0.25) is 0 Å². The molecule has 1 aromatic carbocycles. The predicted octanol–water partition coefficient (Wildman–Crippen LogP) is 3.14. The van der Waals surface area contributed by atoms with Gasteiger partial charge < -0.3 is 4.74 Å². The fourth-order valence-electron chi connectivity index (χ4n) is 1.25. The minimum absolute atomic E-state index is 0.0861. The van der Waals surface area contributed by atoms with Crippen LogP contribution in [0.1, 0.15) is 16.1 Å². The highest BCUT2D eigenvalue weighted by Crippen LogP contribution is 2.16. The molecule has 4 nitrogen and oxygen atoms in total. The zero-order chi connectivity index (χ0) is 13.0. The Bertz CT molecular complexity index is 558. The average molecular weight is 283 g/mol. The highest BCUT2D eigenvalue weighted by Gasteiger charge is 2.10. The van der Waals surface area contributed by atoms with Crippen LogP contribution in [0.15, 0.2) is 36.7 Å². The fraction of sp³-hybridized carbons (Fsp3) is 0.0833. The van der Waals surface area contributed by atoms with E-state index in [4.69, 9.17) is 27.9 Å². The van der Waals surface area contributed by atoms with E-state index in [1.165, 1.54) is 12.4 Å². The first kappa shape index (κ1) is 12.8. The molecule has 0 fully saturated rings. The Kier molecular flexibility index (Phi) is 4.12. The summed E-state index contributed by atoms with van der Waals surface area (Å²) in [7, 11) is 0. The van der Waals surface area contributed by atoms with Crippen molar-refractivity contribution < 1.29 is 9.53 Å². The van der Waals surface area contributed by atoms with Gasteiger partial charge in [-0.2, -0.15) is 0 Å². The number of hydrogen-bond donors (Lipinski definition) is 0. The van der Waals surface area contributed by atoms with Gasteiger partial charge in [-0.15, -0.1) is 0 Å². The maximum Gasteiger partial charge on any atom is 0.358 e. The van der Waals surface area contributed by atoms with Crippen LogP contribution in [0.25, 0.3) is 0 Å². The molecule has 0 aliphatic heterocycles. The number of carbonyl (C=O) groups is 1. The Morgan fingerprint density at radius 1 is 1.17 bits per heavy atom. The van der Waals surface area contributed by atoms with Gasteiger partial charge in [0.25, 0.3) is 0 Å². The Hall–Kier alpha value is -1.65. The lowest BCUT2D eigenvalue weighted by Crippen LogP contribution is -2.08. The van der Waals surface area contributed by atoms with E-state index in [-0.39, 0.29) is 17.5 Å². The molecule has 0 aliphatic carbocycles. The van der Waals surface area contributed by atoms with Gasteiger partial charge in [-0.1, -0.05) is 41.4 Å². The number of benzene rings is 1. The van der Waals surface area contributed by atoms with Crippen LogP contribution in [0.2, 0.25) is 10.2 Å². The summed E-state index contributed by atoms with van der Waals surface area (Å²) in [4.78, 5) is 19.2. The first-order valence-corrected chi connectivity index (χ1v) is 5.80. The fourth-order valence-corrected chi connectivity index (χ4v) is 1.54. The Morgan fingerprint density at radius 2 is 1.94 bits per heavy atom. The molecule has 18 heavy (non-hydrogen) atoms. The molecule has 0 amide bonds. The van der Waals surface area contributed by atoms with E-state index in [0.717, 1.165) is 5.56 Å². The summed E-state index contributed by atoms with van der Waals surface area (Å²) < 4.78 is 5.07. The molecular weight excluding hydrogens is 275 g/mol. The predicted molar refractivity (Wildman–Crippen MR) is 67.6 cm³/mol. The van der Waals surface area contributed by atoms with Crippen molar-refractivity contribution in [3.05, 3.63) is 58.1 Å². The van der Waals surface area contributed by atoms with Crippen molar-refractivity contribution in [3.8, 4) is 0 Å². The Labute approximate surface area is 114 Å². The van der Waals surface area contributed by atoms with Gasteiger partial charge in [0.1, 0.15) is 11.8 Å². The molecule has 2 rings (SSSR count). The summed E-state index contributed by atoms with van der Waals surface area (Å²) in [5.74, 6) is -0.570. The molecule has 2 aromatic rings. The first-order chi connectivity index (χ1) is 8.66. The quantitative estimate of drug-likeness (QED) is 0.812. The highest BCUT2D eigenvalue weighted by atomic mass is 35.5. The molecule has 0 radical (unpaired) electrons. The van der Waals surface area contributed by atoms with Gasteiger partial charge >= 0.3 is 5.97 Å². The second-order valence-corrected chi connectivity index (χ2v) is 4.19. The van der Waals surface area contributed by atoms with Gasteiger partial charge in [-0.25, -0.2) is 14.8 Å². The molecule has 92 valence electrons. The third-order valence-electron chi connectivity index (χ3n) is 2.15. The first-order valence-electron chi connectivity index (χ1n) is 5.05. The van der Waals surface area contributed by atoms with Crippen LogP contribution in [0.5, 0.6) is 0 Å². The number of hydrogen-bond acceptors (Lipinski definition) is 4. The summed E-state index contributed by atoms with van der Waals surface area (Å²) >= 11 is 11.5. The highest BCUT2D eigenvalue weighted by molar-refractivity contribution is 6.31. The summed E-state index contributed by atoms with van der Waals surface area (Å²) in [5.41, 5.74) is 0.834. The smallest absolute Gasteiger partial charge is 0.358 e. The van der Waals surface area contributed by atoms with Crippen LogP contribution in [0.4, 0.5) is 0 Å². The van der Waals surface area contributed by atoms with Crippen LogP contribution in [-0.2, 0) is 11.3 Å². The molecule has 0 aliphatic rings. The lowest BCUT2D eigenvalue weighted by molar-refractivity contribution is 0.0465. The zero-order valence-electron chi connectivity index (χ0n) is 9.14. The number of esters is 1. The molecule has 1 heterocycles. The lowest BCUT2D eigenvalue weighted by atomic mass is 10.2. The molecule has 0 atom stereocenters. The van der Waals surface area contributed by atoms with Crippen molar-refractivity contribution >= 4 is 29.2 Å². The number of aromatic nitrogens is 2. The van der Waals surface area contributed by atoms with Gasteiger partial charge in [-0.05, 0) is 6.07 Å². The van der Waals surface area contributed by atoms with E-state index in [1.54, 1.807) is 18.2 Å². The second-order valence-electron chi connectivity index (χ2n) is 3.39. The standard InChI is InChI=1S/C12H8Cl2N2O2/c13-9-4-2-1-3-8(9)7-18-12(17)10-5-16-11(14)6-15-10/h1-6H,7H2. The number of ether oxygens (including phenoxy) is 1. The van der Waals surface area contributed by atoms with Crippen LogP contribution in [-0.4, -0.2) is 15.9 Å². The number of rotatable bonds is 3. The molecular formula is C12H8Cl2N2O2. The van der Waals surface area contributed by atoms with E-state index < -0.39 is 5.97 Å². The van der Waals surface area contributed by atoms with Crippen LogP contribution >= 0.6 is 23.2 Å². The van der Waals surface area contributed by atoms with E-state index in [2.05, 4.69) is 9.97 Å². The monoisotopic (exact) mass is 282 g/mol. The number of nitrogens with zero attached hydrogens (tertiary/aromatic N) is 2. The van der Waals surface area contributed by atoms with E-state index in [9.17, 15) is 4.79 Å². The van der Waals surface area contributed by atoms with E-state index in [0.29, 0.717) is 5.02 Å². The molecule has 1 aromatic heterocycles. The average Bonchev–Trinajstić information content (AvgIpc) is 2.38. The van der Waals surface area contributed by atoms with Crippen LogP contribution in [0, 0.1) is 0 Å². The molecule has 0 bridgehead atoms. The third-order valence-corrected chi connectivity index (χ3v) is 2.71. The lowest BCUT2D eigenvalue weighted by Gasteiger charge is -2.05. The SMILES string of the molecule is O=C(OCc1ccccc1Cl)c1cnc(Cl)cn1. The Balaban J connectivity index is 2.01. The number of halogens is 2. The summed E-state index contributed by atoms with van der Waals surface area (Å²) in [6, 6.07) is 7.13. The van der Waals surface area contributed by atoms with Crippen LogP contribution in [0.3, 0.4) is 0 Å². The minimum atomic E-state index is -0.570. The molecule has 0 unspecified atom stereocenters. The second kappa shape index (κ2) is 5.80. The van der Waals surface area contributed by atoms with Gasteiger partial charge in [-0.3, -0.25) is 0 Å². The van der Waals surface area contributed by atoms with Crippen LogP contribution < -0.4 is 0 Å². The van der Waals surface area contributed by atoms with Crippen molar-refractivity contribution in [2.45, 2.75) is 6.61 Å². The van der Waals surface area contributed by atoms with E-state index >= 15 is 0 Å². The molecule has 0 spiro atoms. The molecule has 0 saturated heterocycles. The summed E-state index contributed by atoms with van der Waals surface area (Å²) in [6.45, 7) is 0.0861. The van der Waals surface area contributed by atoms with Crippen molar-refractivity contribution in [3.63, 3.8) is 0 Å². The van der Waals surface area contributed by atoms with Crippen molar-refractivity contribution in [1.29, 1.82) is 0 Å². The summed E-state index contributed by atoms with van der Waals surface area (Å²) in [6.07, 6.45) is 2.55. The van der Waals surface area contributed by atoms with Gasteiger partial charge in [0.05, 0.1) is 12.4 Å². The van der Waals surface area contributed by atoms with Gasteiger partial charge in [0.15, 0.2) is 5.69 Å². The minimum Gasteiger partial charge on any atom is -0.456 e. The topological polar surface area (TPSA) is 52.1 Å². The molecule has 6 heteroatoms. The Morgan fingerprint density at radius 3 is 2.61 bits per heavy atom. The van der Waals surface area contributed by atoms with Crippen molar-refractivity contribution in [1.82, 2.24) is 9.97 Å². The zero-order valence-corrected chi connectivity index (χ0v) is 10.6. The normalized spacial score (nSPS) is 10.1. The maximum atomic E-state index is 11.6. The molecule has 0 saturated carbocycles. The van der Waals surface area contributed by atoms with E-state index in [1.807, 2.05) is 6.07 Å². The number of carbonyl (C=O) groups excluding carboxylic acids is 1. The van der Waals surface area contributed by atoms with Gasteiger partial charge in [0, 0.05) is 10.6 Å². The third kappa shape index (κ3) is 3.18. The molecule has 0 N–H and O–H groups in total. The van der Waals surface area contributed by atoms with Crippen molar-refractivity contribution in [2.75, 3.05) is 0 Å².